The number of nitrogens with one attached hydrogen (secondary N) is 2. The second-order valence-corrected chi connectivity index (χ2v) is 4.49. The van der Waals surface area contributed by atoms with E-state index in [1.807, 2.05) is 0 Å². The van der Waals surface area contributed by atoms with Crippen molar-refractivity contribution in [3.05, 3.63) is 38.4 Å². The summed E-state index contributed by atoms with van der Waals surface area (Å²) in [5.74, 6) is -0.600. The summed E-state index contributed by atoms with van der Waals surface area (Å²) in [6.45, 7) is 0.187. The monoisotopic (exact) mass is 328 g/mol. The Hall–Kier alpha value is -2.23. The van der Waals surface area contributed by atoms with Crippen molar-refractivity contribution in [2.75, 3.05) is 0 Å². The summed E-state index contributed by atoms with van der Waals surface area (Å²) in [4.78, 5) is 21.8. The van der Waals surface area contributed by atoms with Gasteiger partial charge in [-0.1, -0.05) is 0 Å². The summed E-state index contributed by atoms with van der Waals surface area (Å²) < 4.78 is 2.33. The van der Waals surface area contributed by atoms with E-state index < -0.39 is 10.8 Å². The minimum atomic E-state index is -0.668. The Labute approximate surface area is 115 Å². The van der Waals surface area contributed by atoms with Crippen LogP contribution in [0.15, 0.2) is 16.9 Å². The first-order chi connectivity index (χ1) is 9.00. The molecule has 100 valence electrons. The third kappa shape index (κ3) is 2.62. The maximum atomic E-state index is 11.8. The molecule has 0 radical (unpaired) electrons. The Bertz CT molecular complexity index is 614. The van der Waals surface area contributed by atoms with Crippen molar-refractivity contribution in [1.82, 2.24) is 25.3 Å². The average molecular weight is 329 g/mol. The Kier molecular flexibility index (Phi) is 3.60. The maximum absolute atomic E-state index is 11.8. The molecule has 0 saturated heterocycles. The summed E-state index contributed by atoms with van der Waals surface area (Å²) >= 11 is 3.29. The fraction of sp³-hybridized carbons (Fsp3) is 0.222. The molecule has 1 amide bonds. The number of aromatic nitrogens is 4. The molecule has 0 bridgehead atoms. The SMILES string of the molecule is Cn1ncc(Br)c1CNC(=O)c1[nH]ncc1[N+](=O)[O-]. The third-order valence-electron chi connectivity index (χ3n) is 2.47. The number of aromatic amines is 1. The number of halogens is 1. The van der Waals surface area contributed by atoms with Crippen LogP contribution in [0, 0.1) is 10.1 Å². The first kappa shape index (κ1) is 13.2. The number of aryl methyl sites for hydroxylation is 1. The molecule has 2 rings (SSSR count). The summed E-state index contributed by atoms with van der Waals surface area (Å²) in [5, 5.41) is 23.0. The molecule has 2 N–H and O–H groups in total. The van der Waals surface area contributed by atoms with Crippen molar-refractivity contribution < 1.29 is 9.72 Å². The van der Waals surface area contributed by atoms with E-state index >= 15 is 0 Å². The van der Waals surface area contributed by atoms with Gasteiger partial charge in [-0.3, -0.25) is 24.7 Å². The van der Waals surface area contributed by atoms with Crippen molar-refractivity contribution in [3.63, 3.8) is 0 Å². The maximum Gasteiger partial charge on any atom is 0.319 e. The molecule has 10 heteroatoms. The quantitative estimate of drug-likeness (QED) is 0.633. The number of rotatable bonds is 4. The molecular weight excluding hydrogens is 320 g/mol. The van der Waals surface area contributed by atoms with Gasteiger partial charge < -0.3 is 5.32 Å². The highest BCUT2D eigenvalue weighted by Gasteiger charge is 2.22. The summed E-state index contributed by atoms with van der Waals surface area (Å²) in [6, 6.07) is 0. The van der Waals surface area contributed by atoms with Gasteiger partial charge in [0.15, 0.2) is 0 Å². The van der Waals surface area contributed by atoms with Crippen LogP contribution in [0.1, 0.15) is 16.2 Å². The molecule has 2 heterocycles. The van der Waals surface area contributed by atoms with Gasteiger partial charge in [0.1, 0.15) is 6.20 Å². The highest BCUT2D eigenvalue weighted by molar-refractivity contribution is 9.10. The number of nitrogens with zero attached hydrogens (tertiary/aromatic N) is 4. The molecule has 9 nitrogen and oxygen atoms in total. The number of carbonyl (C=O) groups is 1. The van der Waals surface area contributed by atoms with Gasteiger partial charge in [0.05, 0.1) is 27.8 Å². The zero-order valence-corrected chi connectivity index (χ0v) is 11.3. The van der Waals surface area contributed by atoms with Crippen molar-refractivity contribution in [3.8, 4) is 0 Å². The molecule has 0 aliphatic rings. The van der Waals surface area contributed by atoms with Crippen LogP contribution in [0.5, 0.6) is 0 Å². The summed E-state index contributed by atoms with van der Waals surface area (Å²) in [6.07, 6.45) is 2.59. The van der Waals surface area contributed by atoms with Gasteiger partial charge in [0.25, 0.3) is 5.91 Å². The van der Waals surface area contributed by atoms with E-state index in [-0.39, 0.29) is 17.9 Å². The van der Waals surface area contributed by atoms with Crippen LogP contribution in [0.2, 0.25) is 0 Å². The fourth-order valence-corrected chi connectivity index (χ4v) is 1.96. The topological polar surface area (TPSA) is 119 Å². The Morgan fingerprint density at radius 2 is 2.37 bits per heavy atom. The van der Waals surface area contributed by atoms with Crippen LogP contribution < -0.4 is 5.32 Å². The first-order valence-corrected chi connectivity index (χ1v) is 5.92. The van der Waals surface area contributed by atoms with E-state index in [0.29, 0.717) is 0 Å². The van der Waals surface area contributed by atoms with E-state index in [1.54, 1.807) is 17.9 Å². The Morgan fingerprint density at radius 3 is 2.95 bits per heavy atom. The number of H-pyrrole nitrogens is 1. The largest absolute Gasteiger partial charge is 0.345 e. The molecular formula is C9H9BrN6O3. The molecule has 0 spiro atoms. The molecule has 0 aliphatic heterocycles. The smallest absolute Gasteiger partial charge is 0.319 e. The highest BCUT2D eigenvalue weighted by Crippen LogP contribution is 2.16. The number of carbonyl (C=O) groups excluding carboxylic acids is 1. The van der Waals surface area contributed by atoms with Gasteiger partial charge in [-0.25, -0.2) is 0 Å². The van der Waals surface area contributed by atoms with Crippen molar-refractivity contribution in [2.24, 2.45) is 7.05 Å². The van der Waals surface area contributed by atoms with Gasteiger partial charge in [-0.2, -0.15) is 10.2 Å². The summed E-state index contributed by atoms with van der Waals surface area (Å²) in [5.41, 5.74) is 0.209. The third-order valence-corrected chi connectivity index (χ3v) is 3.13. The second-order valence-electron chi connectivity index (χ2n) is 3.63. The standard InChI is InChI=1S/C9H9BrN6O3/c1-15-6(5(10)2-13-15)3-11-9(17)8-7(16(18)19)4-12-14-8/h2,4H,3H2,1H3,(H,11,17)(H,12,14). The van der Waals surface area contributed by atoms with Gasteiger partial charge >= 0.3 is 5.69 Å². The lowest BCUT2D eigenvalue weighted by molar-refractivity contribution is -0.385. The van der Waals surface area contributed by atoms with Gasteiger partial charge in [0.2, 0.25) is 5.69 Å². The predicted molar refractivity (Wildman–Crippen MR) is 67.3 cm³/mol. The van der Waals surface area contributed by atoms with Crippen LogP contribution in [0.25, 0.3) is 0 Å². The molecule has 0 atom stereocenters. The minimum absolute atomic E-state index is 0.178. The molecule has 19 heavy (non-hydrogen) atoms. The predicted octanol–water partition coefficient (Wildman–Crippen LogP) is 0.744. The number of hydrogen-bond donors (Lipinski definition) is 2. The van der Waals surface area contributed by atoms with Gasteiger partial charge in [-0.05, 0) is 15.9 Å². The normalized spacial score (nSPS) is 10.4. The van der Waals surface area contributed by atoms with Crippen LogP contribution in [-0.2, 0) is 13.6 Å². The van der Waals surface area contributed by atoms with E-state index in [2.05, 4.69) is 36.5 Å². The minimum Gasteiger partial charge on any atom is -0.345 e. The van der Waals surface area contributed by atoms with E-state index in [1.165, 1.54) is 0 Å². The number of hydrogen-bond acceptors (Lipinski definition) is 5. The van der Waals surface area contributed by atoms with Crippen LogP contribution in [-0.4, -0.2) is 30.8 Å². The molecule has 0 saturated carbocycles. The van der Waals surface area contributed by atoms with Crippen LogP contribution >= 0.6 is 15.9 Å². The number of nitro groups is 1. The Balaban J connectivity index is 2.10. The van der Waals surface area contributed by atoms with E-state index in [9.17, 15) is 14.9 Å². The summed E-state index contributed by atoms with van der Waals surface area (Å²) in [7, 11) is 1.73. The first-order valence-electron chi connectivity index (χ1n) is 5.13. The fourth-order valence-electron chi connectivity index (χ4n) is 1.47. The van der Waals surface area contributed by atoms with Gasteiger partial charge in [-0.15, -0.1) is 0 Å². The molecule has 2 aromatic rings. The lowest BCUT2D eigenvalue weighted by Gasteiger charge is -2.04. The Morgan fingerprint density at radius 1 is 1.63 bits per heavy atom. The van der Waals surface area contributed by atoms with Crippen LogP contribution in [0.3, 0.4) is 0 Å². The molecule has 2 aromatic heterocycles. The molecule has 0 aliphatic carbocycles. The number of amides is 1. The van der Waals surface area contributed by atoms with Crippen LogP contribution in [0.4, 0.5) is 5.69 Å². The lowest BCUT2D eigenvalue weighted by Crippen LogP contribution is -2.25. The molecule has 0 aromatic carbocycles. The van der Waals surface area contributed by atoms with E-state index in [0.717, 1.165) is 16.4 Å². The highest BCUT2D eigenvalue weighted by atomic mass is 79.9. The molecule has 0 fully saturated rings. The van der Waals surface area contributed by atoms with E-state index in [4.69, 9.17) is 0 Å². The zero-order chi connectivity index (χ0) is 14.0. The lowest BCUT2D eigenvalue weighted by atomic mass is 10.3. The second kappa shape index (κ2) is 5.18. The van der Waals surface area contributed by atoms with Crippen molar-refractivity contribution in [2.45, 2.75) is 6.54 Å². The molecule has 0 unspecified atom stereocenters. The van der Waals surface area contributed by atoms with Crippen molar-refractivity contribution in [1.29, 1.82) is 0 Å². The average Bonchev–Trinajstić information content (AvgIpc) is 2.95. The zero-order valence-electron chi connectivity index (χ0n) is 9.75. The van der Waals surface area contributed by atoms with Gasteiger partial charge in [0, 0.05) is 7.05 Å². The van der Waals surface area contributed by atoms with Crippen molar-refractivity contribution >= 4 is 27.5 Å².